The summed E-state index contributed by atoms with van der Waals surface area (Å²) in [5, 5.41) is 8.08. The minimum Gasteiger partial charge on any atom is -0.325 e. The van der Waals surface area contributed by atoms with E-state index in [4.69, 9.17) is 0 Å². The third-order valence-corrected chi connectivity index (χ3v) is 5.20. The number of rotatable bonds is 7. The quantitative estimate of drug-likeness (QED) is 0.621. The molecule has 0 aliphatic heterocycles. The van der Waals surface area contributed by atoms with Crippen molar-refractivity contribution in [3.8, 4) is 11.3 Å². The third-order valence-electron chi connectivity index (χ3n) is 4.44. The molecule has 0 spiro atoms. The van der Waals surface area contributed by atoms with Gasteiger partial charge in [-0.15, -0.1) is 11.3 Å². The number of likely N-dealkylation sites (N-methyl/N-ethyl adjacent to an activating group) is 1. The van der Waals surface area contributed by atoms with Gasteiger partial charge in [-0.1, -0.05) is 30.3 Å². The predicted octanol–water partition coefficient (Wildman–Crippen LogP) is 3.94. The molecule has 2 amide bonds. The van der Waals surface area contributed by atoms with E-state index in [-0.39, 0.29) is 24.9 Å². The number of hydrogen-bond acceptors (Lipinski definition) is 5. The molecule has 0 saturated heterocycles. The van der Waals surface area contributed by atoms with Crippen LogP contribution in [0.5, 0.6) is 0 Å². The summed E-state index contributed by atoms with van der Waals surface area (Å²) >= 11 is 1.38. The van der Waals surface area contributed by atoms with Gasteiger partial charge in [0.1, 0.15) is 0 Å². The van der Waals surface area contributed by atoms with Crippen LogP contribution in [0.3, 0.4) is 0 Å². The van der Waals surface area contributed by atoms with E-state index in [2.05, 4.69) is 41.6 Å². The molecule has 3 rings (SSSR count). The molecule has 7 heteroatoms. The highest BCUT2D eigenvalue weighted by Crippen LogP contribution is 2.26. The lowest BCUT2D eigenvalue weighted by molar-refractivity contribution is -0.119. The molecule has 29 heavy (non-hydrogen) atoms. The molecule has 0 radical (unpaired) electrons. The lowest BCUT2D eigenvalue weighted by Gasteiger charge is -2.15. The minimum atomic E-state index is -0.207. The number of aryl methyl sites for hydroxylation is 2. The average Bonchev–Trinajstić information content (AvgIpc) is 3.12. The van der Waals surface area contributed by atoms with Gasteiger partial charge in [-0.05, 0) is 50.2 Å². The highest BCUT2D eigenvalue weighted by atomic mass is 32.1. The maximum Gasteiger partial charge on any atom is 0.240 e. The Balaban J connectivity index is 1.50. The summed E-state index contributed by atoms with van der Waals surface area (Å²) < 4.78 is 0. The SMILES string of the molecule is Cc1ccc(-c2csc(NC(=O)CN(C)CC(=O)Nc3ccccc3)n2)cc1C. The van der Waals surface area contributed by atoms with E-state index in [0.717, 1.165) is 16.9 Å². The molecule has 0 saturated carbocycles. The molecular formula is C22H24N4O2S. The van der Waals surface area contributed by atoms with E-state index in [1.807, 2.05) is 41.8 Å². The Bertz CT molecular complexity index is 1000. The molecule has 0 aliphatic carbocycles. The summed E-state index contributed by atoms with van der Waals surface area (Å²) in [6.07, 6.45) is 0. The summed E-state index contributed by atoms with van der Waals surface area (Å²) in [6, 6.07) is 15.4. The largest absolute Gasteiger partial charge is 0.325 e. The zero-order valence-electron chi connectivity index (χ0n) is 16.7. The van der Waals surface area contributed by atoms with Crippen LogP contribution in [0.1, 0.15) is 11.1 Å². The second kappa shape index (κ2) is 9.45. The normalized spacial score (nSPS) is 10.8. The van der Waals surface area contributed by atoms with E-state index in [0.29, 0.717) is 5.13 Å². The summed E-state index contributed by atoms with van der Waals surface area (Å²) in [5.41, 5.74) is 5.04. The van der Waals surface area contributed by atoms with Gasteiger partial charge < -0.3 is 10.6 Å². The maximum absolute atomic E-state index is 12.3. The van der Waals surface area contributed by atoms with Crippen molar-refractivity contribution >= 4 is 34.0 Å². The topological polar surface area (TPSA) is 74.3 Å². The first-order valence-electron chi connectivity index (χ1n) is 9.27. The number of nitrogens with zero attached hydrogens (tertiary/aromatic N) is 2. The second-order valence-corrected chi connectivity index (χ2v) is 7.83. The van der Waals surface area contributed by atoms with Gasteiger partial charge >= 0.3 is 0 Å². The molecule has 2 N–H and O–H groups in total. The highest BCUT2D eigenvalue weighted by molar-refractivity contribution is 7.14. The molecule has 2 aromatic carbocycles. The Kier molecular flexibility index (Phi) is 6.74. The number of carbonyl (C=O) groups excluding carboxylic acids is 2. The minimum absolute atomic E-state index is 0.0980. The lowest BCUT2D eigenvalue weighted by atomic mass is 10.1. The van der Waals surface area contributed by atoms with Crippen LogP contribution >= 0.6 is 11.3 Å². The van der Waals surface area contributed by atoms with Crippen LogP contribution in [-0.2, 0) is 9.59 Å². The Labute approximate surface area is 174 Å². The van der Waals surface area contributed by atoms with Crippen LogP contribution in [0.25, 0.3) is 11.3 Å². The second-order valence-electron chi connectivity index (χ2n) is 6.97. The van der Waals surface area contributed by atoms with Gasteiger partial charge in [0.25, 0.3) is 0 Å². The Morgan fingerprint density at radius 3 is 2.34 bits per heavy atom. The third kappa shape index (κ3) is 5.97. The molecule has 1 aromatic heterocycles. The molecule has 1 heterocycles. The van der Waals surface area contributed by atoms with E-state index in [1.165, 1.54) is 22.5 Å². The fraction of sp³-hybridized carbons (Fsp3) is 0.227. The van der Waals surface area contributed by atoms with Crippen molar-refractivity contribution in [3.63, 3.8) is 0 Å². The summed E-state index contributed by atoms with van der Waals surface area (Å²) in [4.78, 5) is 30.5. The smallest absolute Gasteiger partial charge is 0.240 e. The number of thiazole rings is 1. The Morgan fingerprint density at radius 2 is 1.66 bits per heavy atom. The van der Waals surface area contributed by atoms with Gasteiger partial charge in [0.2, 0.25) is 11.8 Å². The average molecular weight is 409 g/mol. The number of nitrogens with one attached hydrogen (secondary N) is 2. The number of aromatic nitrogens is 1. The van der Waals surface area contributed by atoms with Crippen molar-refractivity contribution in [2.75, 3.05) is 30.8 Å². The molecular weight excluding hydrogens is 384 g/mol. The summed E-state index contributed by atoms with van der Waals surface area (Å²) in [7, 11) is 1.73. The van der Waals surface area contributed by atoms with Crippen LogP contribution in [0.2, 0.25) is 0 Å². The predicted molar refractivity (Wildman–Crippen MR) is 118 cm³/mol. The van der Waals surface area contributed by atoms with E-state index < -0.39 is 0 Å². The van der Waals surface area contributed by atoms with E-state index in [9.17, 15) is 9.59 Å². The summed E-state index contributed by atoms with van der Waals surface area (Å²) in [6.45, 7) is 4.36. The monoisotopic (exact) mass is 408 g/mol. The number of carbonyl (C=O) groups is 2. The van der Waals surface area contributed by atoms with Crippen LogP contribution < -0.4 is 10.6 Å². The van der Waals surface area contributed by atoms with Crippen molar-refractivity contribution in [1.29, 1.82) is 0 Å². The van der Waals surface area contributed by atoms with Gasteiger partial charge in [-0.25, -0.2) is 4.98 Å². The molecule has 0 aliphatic rings. The van der Waals surface area contributed by atoms with E-state index in [1.54, 1.807) is 11.9 Å². The Morgan fingerprint density at radius 1 is 0.966 bits per heavy atom. The maximum atomic E-state index is 12.3. The van der Waals surface area contributed by atoms with Crippen molar-refractivity contribution in [2.45, 2.75) is 13.8 Å². The molecule has 6 nitrogen and oxygen atoms in total. The molecule has 0 fully saturated rings. The number of amides is 2. The Hall–Kier alpha value is -3.03. The van der Waals surface area contributed by atoms with Gasteiger partial charge in [-0.3, -0.25) is 14.5 Å². The number of para-hydroxylation sites is 1. The van der Waals surface area contributed by atoms with Crippen LogP contribution in [0.15, 0.2) is 53.9 Å². The number of hydrogen-bond donors (Lipinski definition) is 2. The van der Waals surface area contributed by atoms with Crippen molar-refractivity contribution < 1.29 is 9.59 Å². The molecule has 0 atom stereocenters. The van der Waals surface area contributed by atoms with Gasteiger partial charge in [0.15, 0.2) is 5.13 Å². The fourth-order valence-corrected chi connectivity index (χ4v) is 3.53. The first-order chi connectivity index (χ1) is 13.9. The van der Waals surface area contributed by atoms with Gasteiger partial charge in [0.05, 0.1) is 18.8 Å². The van der Waals surface area contributed by atoms with Crippen LogP contribution in [0.4, 0.5) is 10.8 Å². The standard InChI is InChI=1S/C22H24N4O2S/c1-15-9-10-17(11-16(15)2)19-14-29-22(24-19)25-21(28)13-26(3)12-20(27)23-18-7-5-4-6-8-18/h4-11,14H,12-13H2,1-3H3,(H,23,27)(H,24,25,28). The zero-order valence-corrected chi connectivity index (χ0v) is 17.5. The lowest BCUT2D eigenvalue weighted by Crippen LogP contribution is -2.36. The zero-order chi connectivity index (χ0) is 20.8. The fourth-order valence-electron chi connectivity index (χ4n) is 2.79. The van der Waals surface area contributed by atoms with Crippen LogP contribution in [-0.4, -0.2) is 41.8 Å². The number of anilines is 2. The number of benzene rings is 2. The van der Waals surface area contributed by atoms with Crippen molar-refractivity contribution in [1.82, 2.24) is 9.88 Å². The van der Waals surface area contributed by atoms with Gasteiger partial charge in [-0.2, -0.15) is 0 Å². The van der Waals surface area contributed by atoms with Crippen LogP contribution in [0, 0.1) is 13.8 Å². The first kappa shape index (κ1) is 20.7. The molecule has 3 aromatic rings. The van der Waals surface area contributed by atoms with Crippen molar-refractivity contribution in [3.05, 3.63) is 65.0 Å². The van der Waals surface area contributed by atoms with Gasteiger partial charge in [0, 0.05) is 16.6 Å². The van der Waals surface area contributed by atoms with Crippen molar-refractivity contribution in [2.24, 2.45) is 0 Å². The summed E-state index contributed by atoms with van der Waals surface area (Å²) in [5.74, 6) is -0.376. The molecule has 0 unspecified atom stereocenters. The van der Waals surface area contributed by atoms with E-state index >= 15 is 0 Å². The molecule has 0 bridgehead atoms. The first-order valence-corrected chi connectivity index (χ1v) is 10.1. The molecule has 150 valence electrons. The highest BCUT2D eigenvalue weighted by Gasteiger charge is 2.13.